The molecule has 0 bridgehead atoms. The second kappa shape index (κ2) is 9.10. The standard InChI is InChI=1S/C25H17Cl2N7O2/c26-17-9-6-10-18(27)21(17)15-13-16-22(29-23(15)35)30-25(28-14-7-2-1-3-8-14)31-24(16)36-34-20-12-5-4-11-19(20)32-33-34/h1-12,15H,13H2,(H2,28,29,30,31,35). The number of anilines is 3. The first-order valence-corrected chi connectivity index (χ1v) is 11.8. The van der Waals surface area contributed by atoms with Crippen LogP contribution < -0.4 is 15.5 Å². The zero-order valence-electron chi connectivity index (χ0n) is 18.5. The second-order valence-electron chi connectivity index (χ2n) is 8.09. The SMILES string of the molecule is O=C1Nc2nc(Nc3ccccc3)nc(On3nnc4ccccc43)c2CC1c1c(Cl)cccc1Cl. The third-order valence-electron chi connectivity index (χ3n) is 5.81. The number of hydrogen-bond donors (Lipinski definition) is 2. The molecule has 3 aromatic carbocycles. The molecule has 1 aliphatic rings. The Morgan fingerprint density at radius 2 is 1.69 bits per heavy atom. The van der Waals surface area contributed by atoms with Gasteiger partial charge < -0.3 is 15.5 Å². The molecule has 5 aromatic rings. The van der Waals surface area contributed by atoms with Crippen LogP contribution in [0, 0.1) is 0 Å². The molecule has 1 amide bonds. The van der Waals surface area contributed by atoms with Gasteiger partial charge in [-0.15, -0.1) is 5.10 Å². The van der Waals surface area contributed by atoms with Crippen LogP contribution >= 0.6 is 23.2 Å². The predicted molar refractivity (Wildman–Crippen MR) is 137 cm³/mol. The van der Waals surface area contributed by atoms with Crippen molar-refractivity contribution in [1.82, 2.24) is 25.1 Å². The third-order valence-corrected chi connectivity index (χ3v) is 6.47. The normalized spacial score (nSPS) is 14.8. The lowest BCUT2D eigenvalue weighted by molar-refractivity contribution is -0.117. The molecule has 0 aliphatic carbocycles. The highest BCUT2D eigenvalue weighted by Crippen LogP contribution is 2.41. The summed E-state index contributed by atoms with van der Waals surface area (Å²) in [6.45, 7) is 0. The van der Waals surface area contributed by atoms with Gasteiger partial charge in [-0.1, -0.05) is 64.4 Å². The quantitative estimate of drug-likeness (QED) is 0.321. The van der Waals surface area contributed by atoms with Crippen LogP contribution in [0.1, 0.15) is 17.0 Å². The number of nitrogens with one attached hydrogen (secondary N) is 2. The minimum Gasteiger partial charge on any atom is -0.335 e. The van der Waals surface area contributed by atoms with Crippen LogP contribution in [-0.2, 0) is 11.2 Å². The van der Waals surface area contributed by atoms with Gasteiger partial charge in [-0.2, -0.15) is 9.97 Å². The zero-order chi connectivity index (χ0) is 24.6. The van der Waals surface area contributed by atoms with Crippen LogP contribution in [0.4, 0.5) is 17.5 Å². The van der Waals surface area contributed by atoms with Gasteiger partial charge in [-0.3, -0.25) is 4.79 Å². The molecule has 1 unspecified atom stereocenters. The van der Waals surface area contributed by atoms with Crippen LogP contribution in [0.5, 0.6) is 5.88 Å². The van der Waals surface area contributed by atoms with E-state index in [1.54, 1.807) is 18.2 Å². The van der Waals surface area contributed by atoms with Crippen molar-refractivity contribution >= 4 is 57.6 Å². The number of amides is 1. The van der Waals surface area contributed by atoms with Gasteiger partial charge in [0.25, 0.3) is 5.88 Å². The average Bonchev–Trinajstić information content (AvgIpc) is 3.28. The summed E-state index contributed by atoms with van der Waals surface area (Å²) in [6, 6.07) is 22.0. The first-order valence-electron chi connectivity index (χ1n) is 11.0. The molecule has 36 heavy (non-hydrogen) atoms. The first kappa shape index (κ1) is 22.3. The monoisotopic (exact) mass is 517 g/mol. The number of carbonyl (C=O) groups is 1. The highest BCUT2D eigenvalue weighted by molar-refractivity contribution is 6.36. The van der Waals surface area contributed by atoms with E-state index in [4.69, 9.17) is 28.0 Å². The van der Waals surface area contributed by atoms with Crippen LogP contribution in [-0.4, -0.2) is 31.0 Å². The number of benzene rings is 3. The van der Waals surface area contributed by atoms with Gasteiger partial charge in [-0.25, -0.2) is 0 Å². The van der Waals surface area contributed by atoms with Crippen molar-refractivity contribution in [2.45, 2.75) is 12.3 Å². The largest absolute Gasteiger partial charge is 0.335 e. The Morgan fingerprint density at radius 1 is 0.944 bits per heavy atom. The Balaban J connectivity index is 1.45. The average molecular weight is 518 g/mol. The molecular weight excluding hydrogens is 501 g/mol. The summed E-state index contributed by atoms with van der Waals surface area (Å²) in [7, 11) is 0. The van der Waals surface area contributed by atoms with Crippen LogP contribution in [0.15, 0.2) is 72.8 Å². The third kappa shape index (κ3) is 4.08. The van der Waals surface area contributed by atoms with Crippen molar-refractivity contribution in [2.75, 3.05) is 10.6 Å². The van der Waals surface area contributed by atoms with Gasteiger partial charge in [0.1, 0.15) is 16.9 Å². The summed E-state index contributed by atoms with van der Waals surface area (Å²) < 4.78 is 0. The first-order chi connectivity index (χ1) is 17.6. The Bertz CT molecular complexity index is 1590. The number of aromatic nitrogens is 5. The van der Waals surface area contributed by atoms with Crippen molar-refractivity contribution in [1.29, 1.82) is 0 Å². The number of hydrogen-bond acceptors (Lipinski definition) is 7. The fourth-order valence-electron chi connectivity index (χ4n) is 4.11. The molecule has 3 heterocycles. The Morgan fingerprint density at radius 3 is 2.50 bits per heavy atom. The molecule has 11 heteroatoms. The van der Waals surface area contributed by atoms with Crippen LogP contribution in [0.25, 0.3) is 11.0 Å². The molecule has 0 saturated heterocycles. The van der Waals surface area contributed by atoms with E-state index in [1.165, 1.54) is 4.85 Å². The number of rotatable bonds is 5. The van der Waals surface area contributed by atoms with Crippen molar-refractivity contribution in [3.05, 3.63) is 94.0 Å². The van der Waals surface area contributed by atoms with Gasteiger partial charge in [0.15, 0.2) is 0 Å². The number of carbonyl (C=O) groups excluding carboxylic acids is 1. The summed E-state index contributed by atoms with van der Waals surface area (Å²) in [5.41, 5.74) is 3.21. The van der Waals surface area contributed by atoms with Crippen molar-refractivity contribution < 1.29 is 9.63 Å². The lowest BCUT2D eigenvalue weighted by Gasteiger charge is -2.26. The maximum absolute atomic E-state index is 13.2. The van der Waals surface area contributed by atoms with E-state index in [9.17, 15) is 4.79 Å². The Hall–Kier alpha value is -4.21. The Labute approximate surface area is 215 Å². The fraction of sp³-hybridized carbons (Fsp3) is 0.0800. The smallest absolute Gasteiger partial charge is 0.258 e. The predicted octanol–water partition coefficient (Wildman–Crippen LogP) is 5.39. The van der Waals surface area contributed by atoms with Gasteiger partial charge in [0.05, 0.1) is 11.5 Å². The van der Waals surface area contributed by atoms with Crippen molar-refractivity contribution in [3.8, 4) is 5.88 Å². The van der Waals surface area contributed by atoms with E-state index < -0.39 is 5.92 Å². The van der Waals surface area contributed by atoms with Gasteiger partial charge >= 0.3 is 0 Å². The van der Waals surface area contributed by atoms with Crippen LogP contribution in [0.3, 0.4) is 0 Å². The molecule has 6 rings (SSSR count). The topological polar surface area (TPSA) is 107 Å². The molecule has 0 fully saturated rings. The van der Waals surface area contributed by atoms with E-state index in [0.717, 1.165) is 5.69 Å². The molecule has 178 valence electrons. The highest BCUT2D eigenvalue weighted by atomic mass is 35.5. The maximum atomic E-state index is 13.2. The molecule has 1 atom stereocenters. The van der Waals surface area contributed by atoms with Gasteiger partial charge in [0, 0.05) is 21.3 Å². The van der Waals surface area contributed by atoms with E-state index in [-0.39, 0.29) is 24.2 Å². The fourth-order valence-corrected chi connectivity index (χ4v) is 4.77. The summed E-state index contributed by atoms with van der Waals surface area (Å²) in [6.07, 6.45) is 0.220. The second-order valence-corrected chi connectivity index (χ2v) is 8.91. The number of para-hydroxylation sites is 2. The maximum Gasteiger partial charge on any atom is 0.258 e. The number of fused-ring (bicyclic) bond motifs is 2. The van der Waals surface area contributed by atoms with E-state index in [1.807, 2.05) is 54.6 Å². The molecule has 0 spiro atoms. The number of halogens is 2. The highest BCUT2D eigenvalue weighted by Gasteiger charge is 2.35. The lowest BCUT2D eigenvalue weighted by atomic mass is 9.89. The van der Waals surface area contributed by atoms with E-state index in [2.05, 4.69) is 30.9 Å². The summed E-state index contributed by atoms with van der Waals surface area (Å²) >= 11 is 12.9. The summed E-state index contributed by atoms with van der Waals surface area (Å²) in [5.74, 6) is -0.160. The molecule has 1 aliphatic heterocycles. The molecule has 2 N–H and O–H groups in total. The minimum atomic E-state index is -0.662. The molecule has 0 saturated carbocycles. The molecule has 2 aromatic heterocycles. The number of nitrogens with zero attached hydrogens (tertiary/aromatic N) is 5. The minimum absolute atomic E-state index is 0.210. The van der Waals surface area contributed by atoms with Crippen molar-refractivity contribution in [3.63, 3.8) is 0 Å². The molecule has 9 nitrogen and oxygen atoms in total. The van der Waals surface area contributed by atoms with Crippen molar-refractivity contribution in [2.24, 2.45) is 0 Å². The Kier molecular flexibility index (Phi) is 5.63. The zero-order valence-corrected chi connectivity index (χ0v) is 20.0. The lowest BCUT2D eigenvalue weighted by Crippen LogP contribution is -2.30. The molecule has 0 radical (unpaired) electrons. The summed E-state index contributed by atoms with van der Waals surface area (Å²) in [5, 5.41) is 15.1. The van der Waals surface area contributed by atoms with Gasteiger partial charge in [0.2, 0.25) is 11.9 Å². The van der Waals surface area contributed by atoms with E-state index in [0.29, 0.717) is 38.0 Å². The van der Waals surface area contributed by atoms with Gasteiger partial charge in [-0.05, 0) is 48.0 Å². The van der Waals surface area contributed by atoms with E-state index >= 15 is 0 Å². The van der Waals surface area contributed by atoms with Crippen LogP contribution in [0.2, 0.25) is 10.0 Å². The molecular formula is C25H17Cl2N7O2. The summed E-state index contributed by atoms with van der Waals surface area (Å²) in [4.78, 5) is 29.7.